The van der Waals surface area contributed by atoms with E-state index in [1.54, 1.807) is 12.2 Å². The number of carboxylic acid groups (broad SMARTS) is 1. The van der Waals surface area contributed by atoms with E-state index < -0.39 is 5.97 Å². The fourth-order valence-electron chi connectivity index (χ4n) is 2.57. The van der Waals surface area contributed by atoms with Gasteiger partial charge >= 0.3 is 5.97 Å². The standard InChI is InChI=1S/C18H25ClN2O4/c1-13(16(19)11-21(20)12-18(24)25)9-10-14-5-4-7-15(22)6-2-3-8-17(14)23/h4,7,11,14H,1-3,5-6,8-10,12,20H2,(H,24,25)/b7-4-,16-11+. The van der Waals surface area contributed by atoms with E-state index >= 15 is 0 Å². The molecule has 7 heteroatoms. The van der Waals surface area contributed by atoms with Gasteiger partial charge < -0.3 is 10.1 Å². The monoisotopic (exact) mass is 368 g/mol. The zero-order valence-corrected chi connectivity index (χ0v) is 15.0. The normalized spacial score (nSPS) is 20.9. The van der Waals surface area contributed by atoms with Crippen molar-refractivity contribution in [2.24, 2.45) is 11.8 Å². The third-order valence-electron chi connectivity index (χ3n) is 4.01. The number of allylic oxidation sites excluding steroid dienone is 4. The molecule has 0 heterocycles. The van der Waals surface area contributed by atoms with Gasteiger partial charge in [0, 0.05) is 25.0 Å². The lowest BCUT2D eigenvalue weighted by molar-refractivity contribution is -0.137. The van der Waals surface area contributed by atoms with Crippen molar-refractivity contribution in [3.05, 3.63) is 35.5 Å². The summed E-state index contributed by atoms with van der Waals surface area (Å²) >= 11 is 6.09. The number of aliphatic carboxylic acids is 1. The van der Waals surface area contributed by atoms with Crippen molar-refractivity contribution in [2.45, 2.75) is 44.9 Å². The second-order valence-corrected chi connectivity index (χ2v) is 6.57. The Hall–Kier alpha value is -1.92. The van der Waals surface area contributed by atoms with Crippen LogP contribution in [-0.2, 0) is 14.4 Å². The second kappa shape index (κ2) is 10.8. The topological polar surface area (TPSA) is 101 Å². The number of nitrogens with two attached hydrogens (primary N) is 1. The molecule has 1 unspecified atom stereocenters. The Morgan fingerprint density at radius 2 is 2.08 bits per heavy atom. The lowest BCUT2D eigenvalue weighted by atomic mass is 9.89. The van der Waals surface area contributed by atoms with Crippen LogP contribution in [0.4, 0.5) is 0 Å². The zero-order chi connectivity index (χ0) is 18.8. The van der Waals surface area contributed by atoms with Crippen molar-refractivity contribution in [2.75, 3.05) is 6.54 Å². The molecule has 0 aliphatic heterocycles. The van der Waals surface area contributed by atoms with E-state index in [1.807, 2.05) is 0 Å². The molecule has 1 rings (SSSR count). The van der Waals surface area contributed by atoms with Crippen LogP contribution in [0.15, 0.2) is 35.5 Å². The molecule has 0 aromatic rings. The van der Waals surface area contributed by atoms with Gasteiger partial charge in [-0.15, -0.1) is 0 Å². The average Bonchev–Trinajstić information content (AvgIpc) is 2.52. The molecule has 0 bridgehead atoms. The van der Waals surface area contributed by atoms with Gasteiger partial charge in [0.15, 0.2) is 5.78 Å². The van der Waals surface area contributed by atoms with Crippen LogP contribution in [0.2, 0.25) is 0 Å². The van der Waals surface area contributed by atoms with Crippen LogP contribution < -0.4 is 5.84 Å². The highest BCUT2D eigenvalue weighted by molar-refractivity contribution is 6.31. The van der Waals surface area contributed by atoms with Gasteiger partial charge in [-0.05, 0) is 43.8 Å². The number of carboxylic acids is 1. The number of nitrogens with zero attached hydrogens (tertiary/aromatic N) is 1. The van der Waals surface area contributed by atoms with Crippen molar-refractivity contribution in [1.82, 2.24) is 5.01 Å². The largest absolute Gasteiger partial charge is 0.480 e. The van der Waals surface area contributed by atoms with Crippen LogP contribution in [0.1, 0.15) is 44.9 Å². The Morgan fingerprint density at radius 1 is 1.40 bits per heavy atom. The Labute approximate surface area is 153 Å². The van der Waals surface area contributed by atoms with E-state index in [-0.39, 0.29) is 29.1 Å². The summed E-state index contributed by atoms with van der Waals surface area (Å²) in [6, 6.07) is 0. The van der Waals surface area contributed by atoms with Crippen LogP contribution in [0.5, 0.6) is 0 Å². The quantitative estimate of drug-likeness (QED) is 0.407. The summed E-state index contributed by atoms with van der Waals surface area (Å²) in [6.07, 6.45) is 8.68. The summed E-state index contributed by atoms with van der Waals surface area (Å²) in [5, 5.41) is 9.90. The first-order chi connectivity index (χ1) is 11.8. The molecule has 0 radical (unpaired) electrons. The predicted molar refractivity (Wildman–Crippen MR) is 96.6 cm³/mol. The minimum Gasteiger partial charge on any atom is -0.480 e. The summed E-state index contributed by atoms with van der Waals surface area (Å²) in [4.78, 5) is 34.4. The summed E-state index contributed by atoms with van der Waals surface area (Å²) in [5.41, 5.74) is 0.590. The van der Waals surface area contributed by atoms with E-state index in [2.05, 4.69) is 6.58 Å². The molecule has 1 atom stereocenters. The maximum atomic E-state index is 12.3. The number of hydrazine groups is 1. The van der Waals surface area contributed by atoms with Crippen LogP contribution in [-0.4, -0.2) is 34.2 Å². The van der Waals surface area contributed by atoms with Gasteiger partial charge in [-0.2, -0.15) is 0 Å². The lowest BCUT2D eigenvalue weighted by Crippen LogP contribution is -2.31. The van der Waals surface area contributed by atoms with Gasteiger partial charge in [-0.3, -0.25) is 14.4 Å². The SMILES string of the molecule is C=C(CCC1C/C=C\C(=O)CCCCC1=O)/C(Cl)=C\N(N)CC(=O)O. The lowest BCUT2D eigenvalue weighted by Gasteiger charge is -2.16. The highest BCUT2D eigenvalue weighted by atomic mass is 35.5. The van der Waals surface area contributed by atoms with Crippen LogP contribution >= 0.6 is 11.6 Å². The van der Waals surface area contributed by atoms with Crippen LogP contribution in [0.25, 0.3) is 0 Å². The Morgan fingerprint density at radius 3 is 2.76 bits per heavy atom. The molecule has 1 aliphatic rings. The van der Waals surface area contributed by atoms with Crippen LogP contribution in [0.3, 0.4) is 0 Å². The molecule has 0 saturated heterocycles. The average molecular weight is 369 g/mol. The molecule has 0 saturated carbocycles. The van der Waals surface area contributed by atoms with Crippen molar-refractivity contribution in [1.29, 1.82) is 0 Å². The van der Waals surface area contributed by atoms with Gasteiger partial charge in [0.05, 0.1) is 5.03 Å². The Kier molecular flexibility index (Phi) is 9.16. The molecule has 6 nitrogen and oxygen atoms in total. The number of Topliss-reactive ketones (excluding diaryl/α,β-unsaturated/α-hetero) is 1. The van der Waals surface area contributed by atoms with E-state index in [0.29, 0.717) is 37.7 Å². The molecule has 0 amide bonds. The molecule has 138 valence electrons. The highest BCUT2D eigenvalue weighted by Gasteiger charge is 2.18. The van der Waals surface area contributed by atoms with E-state index in [0.717, 1.165) is 17.9 Å². The van der Waals surface area contributed by atoms with Crippen molar-refractivity contribution in [3.8, 4) is 0 Å². The molecule has 0 fully saturated rings. The minimum atomic E-state index is -1.07. The molecular formula is C18H25ClN2O4. The summed E-state index contributed by atoms with van der Waals surface area (Å²) in [5.74, 6) is 4.57. The number of rotatable bonds is 7. The Balaban J connectivity index is 2.61. The summed E-state index contributed by atoms with van der Waals surface area (Å²) in [7, 11) is 0. The minimum absolute atomic E-state index is 0.102. The Bertz CT molecular complexity index is 584. The highest BCUT2D eigenvalue weighted by Crippen LogP contribution is 2.25. The molecular weight excluding hydrogens is 344 g/mol. The number of hydrogen-bond donors (Lipinski definition) is 2. The van der Waals surface area contributed by atoms with E-state index in [4.69, 9.17) is 22.6 Å². The molecule has 0 spiro atoms. The molecule has 0 aromatic carbocycles. The molecule has 0 aromatic heterocycles. The zero-order valence-electron chi connectivity index (χ0n) is 14.2. The van der Waals surface area contributed by atoms with Gasteiger partial charge in [0.1, 0.15) is 12.3 Å². The van der Waals surface area contributed by atoms with Gasteiger partial charge in [-0.1, -0.05) is 24.3 Å². The van der Waals surface area contributed by atoms with Crippen molar-refractivity contribution < 1.29 is 19.5 Å². The third-order valence-corrected chi connectivity index (χ3v) is 4.37. The summed E-state index contributed by atoms with van der Waals surface area (Å²) < 4.78 is 0. The predicted octanol–water partition coefficient (Wildman–Crippen LogP) is 2.94. The van der Waals surface area contributed by atoms with Crippen LogP contribution in [0, 0.1) is 5.92 Å². The molecule has 1 aliphatic carbocycles. The van der Waals surface area contributed by atoms with Gasteiger partial charge in [0.25, 0.3) is 0 Å². The van der Waals surface area contributed by atoms with E-state index in [9.17, 15) is 14.4 Å². The molecule has 3 N–H and O–H groups in total. The van der Waals surface area contributed by atoms with Gasteiger partial charge in [0.2, 0.25) is 0 Å². The summed E-state index contributed by atoms with van der Waals surface area (Å²) in [6.45, 7) is 3.50. The fraction of sp³-hybridized carbons (Fsp3) is 0.500. The fourth-order valence-corrected chi connectivity index (χ4v) is 2.79. The first-order valence-corrected chi connectivity index (χ1v) is 8.68. The number of ketones is 2. The van der Waals surface area contributed by atoms with E-state index in [1.165, 1.54) is 6.20 Å². The number of carbonyl (C=O) groups excluding carboxylic acids is 2. The number of carbonyl (C=O) groups is 3. The second-order valence-electron chi connectivity index (χ2n) is 6.16. The maximum absolute atomic E-state index is 12.3. The van der Waals surface area contributed by atoms with Crippen molar-refractivity contribution in [3.63, 3.8) is 0 Å². The first-order valence-electron chi connectivity index (χ1n) is 8.30. The third kappa shape index (κ3) is 8.65. The number of hydrogen-bond acceptors (Lipinski definition) is 5. The van der Waals surface area contributed by atoms with Crippen molar-refractivity contribution >= 4 is 29.1 Å². The number of halogens is 1. The molecule has 25 heavy (non-hydrogen) atoms. The smallest absolute Gasteiger partial charge is 0.324 e. The maximum Gasteiger partial charge on any atom is 0.324 e. The first kappa shape index (κ1) is 21.1. The van der Waals surface area contributed by atoms with Gasteiger partial charge in [-0.25, -0.2) is 5.84 Å².